The Balaban J connectivity index is 1.87. The zero-order chi connectivity index (χ0) is 25.1. The number of hydrogen-bond acceptors (Lipinski definition) is 6. The van der Waals surface area contributed by atoms with E-state index in [-0.39, 0.29) is 17.1 Å². The lowest BCUT2D eigenvalue weighted by Gasteiger charge is -2.25. The molecule has 0 saturated carbocycles. The van der Waals surface area contributed by atoms with Crippen LogP contribution in [0.5, 0.6) is 11.5 Å². The molecular weight excluding hydrogens is 470 g/mol. The molecule has 1 atom stereocenters. The molecule has 8 heteroatoms. The Morgan fingerprint density at radius 3 is 2.57 bits per heavy atom. The molecule has 7 nitrogen and oxygen atoms in total. The molecule has 0 N–H and O–H groups in total. The Morgan fingerprint density at radius 1 is 1.06 bits per heavy atom. The van der Waals surface area contributed by atoms with Crippen LogP contribution in [0.2, 0.25) is 5.02 Å². The average molecular weight is 500 g/mol. The van der Waals surface area contributed by atoms with Crippen molar-refractivity contribution in [2.45, 2.75) is 39.7 Å². The SMILES string of the molecule is CCCCOc1ccc(C2c3c(oc4cc(C)c(Cl)cc4c3=O)C(=O)N2CCOC)cc1OCC. The summed E-state index contributed by atoms with van der Waals surface area (Å²) in [7, 11) is 1.57. The summed E-state index contributed by atoms with van der Waals surface area (Å²) in [6, 6.07) is 8.17. The topological polar surface area (TPSA) is 78.2 Å². The van der Waals surface area contributed by atoms with Crippen LogP contribution in [0, 0.1) is 6.92 Å². The van der Waals surface area contributed by atoms with Crippen LogP contribution in [0.15, 0.2) is 39.5 Å². The summed E-state index contributed by atoms with van der Waals surface area (Å²) >= 11 is 6.31. The van der Waals surface area contributed by atoms with E-state index >= 15 is 0 Å². The number of unbranched alkanes of at least 4 members (excludes halogenated alkanes) is 1. The first-order valence-electron chi connectivity index (χ1n) is 11.9. The van der Waals surface area contributed by atoms with Crippen molar-refractivity contribution < 1.29 is 23.4 Å². The van der Waals surface area contributed by atoms with Crippen molar-refractivity contribution in [2.75, 3.05) is 33.5 Å². The molecule has 2 aromatic carbocycles. The maximum Gasteiger partial charge on any atom is 0.290 e. The number of rotatable bonds is 10. The summed E-state index contributed by atoms with van der Waals surface area (Å²) in [4.78, 5) is 28.7. The molecule has 0 bridgehead atoms. The van der Waals surface area contributed by atoms with Crippen LogP contribution in [0.3, 0.4) is 0 Å². The number of carbonyl (C=O) groups excluding carboxylic acids is 1. The number of amides is 1. The van der Waals surface area contributed by atoms with Gasteiger partial charge in [-0.2, -0.15) is 0 Å². The van der Waals surface area contributed by atoms with E-state index in [0.717, 1.165) is 24.0 Å². The number of nitrogens with zero attached hydrogens (tertiary/aromatic N) is 1. The molecule has 1 unspecified atom stereocenters. The van der Waals surface area contributed by atoms with E-state index in [0.29, 0.717) is 59.4 Å². The van der Waals surface area contributed by atoms with Gasteiger partial charge in [0.25, 0.3) is 5.91 Å². The summed E-state index contributed by atoms with van der Waals surface area (Å²) in [5, 5.41) is 0.810. The van der Waals surface area contributed by atoms with E-state index in [2.05, 4.69) is 6.92 Å². The molecule has 0 aliphatic carbocycles. The van der Waals surface area contributed by atoms with Crippen molar-refractivity contribution in [3.05, 3.63) is 68.0 Å². The number of hydrogen-bond donors (Lipinski definition) is 0. The molecule has 1 aromatic heterocycles. The van der Waals surface area contributed by atoms with Crippen LogP contribution in [0.1, 0.15) is 60.0 Å². The predicted molar refractivity (Wildman–Crippen MR) is 135 cm³/mol. The fraction of sp³-hybridized carbons (Fsp3) is 0.407. The molecule has 0 radical (unpaired) electrons. The van der Waals surface area contributed by atoms with Crippen LogP contribution in [0.4, 0.5) is 0 Å². The largest absolute Gasteiger partial charge is 0.490 e. The second-order valence-corrected chi connectivity index (χ2v) is 8.91. The zero-order valence-electron chi connectivity index (χ0n) is 20.5. The standard InChI is InChI=1S/C27H30ClNO6/c1-5-7-11-34-20-9-8-17(14-22(20)33-6-2)24-23-25(30)18-15-19(28)16(3)13-21(18)35-26(23)27(31)29(24)10-12-32-4/h8-9,13-15,24H,5-7,10-12H2,1-4H3. The molecule has 0 saturated heterocycles. The lowest BCUT2D eigenvalue weighted by atomic mass is 9.97. The van der Waals surface area contributed by atoms with Gasteiger partial charge in [0.2, 0.25) is 5.76 Å². The first kappa shape index (κ1) is 25.1. The fourth-order valence-electron chi connectivity index (χ4n) is 4.32. The van der Waals surface area contributed by atoms with Crippen molar-refractivity contribution in [1.29, 1.82) is 0 Å². The number of benzene rings is 2. The predicted octanol–water partition coefficient (Wildman–Crippen LogP) is 5.52. The minimum atomic E-state index is -0.655. The smallest absolute Gasteiger partial charge is 0.290 e. The Labute approximate surface area is 209 Å². The minimum Gasteiger partial charge on any atom is -0.490 e. The molecule has 186 valence electrons. The highest BCUT2D eigenvalue weighted by Gasteiger charge is 2.42. The molecule has 1 amide bonds. The summed E-state index contributed by atoms with van der Waals surface area (Å²) in [6.45, 7) is 7.45. The van der Waals surface area contributed by atoms with Crippen molar-refractivity contribution >= 4 is 28.5 Å². The lowest BCUT2D eigenvalue weighted by Crippen LogP contribution is -2.32. The number of carbonyl (C=O) groups is 1. The third-order valence-electron chi connectivity index (χ3n) is 6.12. The molecule has 1 aliphatic rings. The van der Waals surface area contributed by atoms with Crippen molar-refractivity contribution in [2.24, 2.45) is 0 Å². The molecule has 35 heavy (non-hydrogen) atoms. The summed E-state index contributed by atoms with van der Waals surface area (Å²) in [5.41, 5.74) is 1.85. The van der Waals surface area contributed by atoms with Gasteiger partial charge in [-0.25, -0.2) is 0 Å². The maximum atomic E-state index is 13.7. The minimum absolute atomic E-state index is 0.0477. The van der Waals surface area contributed by atoms with E-state index in [1.54, 1.807) is 24.1 Å². The van der Waals surface area contributed by atoms with Crippen molar-refractivity contribution in [1.82, 2.24) is 4.90 Å². The molecule has 0 fully saturated rings. The molecular formula is C27H30ClNO6. The first-order chi connectivity index (χ1) is 16.9. The summed E-state index contributed by atoms with van der Waals surface area (Å²) < 4.78 is 23.0. The third kappa shape index (κ3) is 4.75. The van der Waals surface area contributed by atoms with Gasteiger partial charge in [0.15, 0.2) is 16.9 Å². The second-order valence-electron chi connectivity index (χ2n) is 8.51. The second kappa shape index (κ2) is 10.7. The Morgan fingerprint density at radius 2 is 1.86 bits per heavy atom. The van der Waals surface area contributed by atoms with Gasteiger partial charge in [-0.05, 0) is 55.7 Å². The summed E-state index contributed by atoms with van der Waals surface area (Å²) in [6.07, 6.45) is 1.95. The zero-order valence-corrected chi connectivity index (χ0v) is 21.2. The van der Waals surface area contributed by atoms with E-state index in [1.165, 1.54) is 0 Å². The van der Waals surface area contributed by atoms with Crippen LogP contribution < -0.4 is 14.9 Å². The number of aryl methyl sites for hydroxylation is 1. The molecule has 0 spiro atoms. The molecule has 2 heterocycles. The van der Waals surface area contributed by atoms with Gasteiger partial charge in [-0.1, -0.05) is 31.0 Å². The van der Waals surface area contributed by atoms with Gasteiger partial charge in [-0.15, -0.1) is 0 Å². The number of fused-ring (bicyclic) bond motifs is 2. The van der Waals surface area contributed by atoms with Gasteiger partial charge >= 0.3 is 0 Å². The van der Waals surface area contributed by atoms with Crippen LogP contribution in [-0.2, 0) is 4.74 Å². The van der Waals surface area contributed by atoms with Gasteiger partial charge in [0.1, 0.15) is 5.58 Å². The Kier molecular flexibility index (Phi) is 7.67. The summed E-state index contributed by atoms with van der Waals surface area (Å²) in [5.74, 6) is 0.892. The van der Waals surface area contributed by atoms with Crippen molar-refractivity contribution in [3.63, 3.8) is 0 Å². The first-order valence-corrected chi connectivity index (χ1v) is 12.2. The fourth-order valence-corrected chi connectivity index (χ4v) is 4.48. The molecule has 4 rings (SSSR count). The van der Waals surface area contributed by atoms with E-state index in [9.17, 15) is 9.59 Å². The third-order valence-corrected chi connectivity index (χ3v) is 6.53. The van der Waals surface area contributed by atoms with Crippen LogP contribution in [-0.4, -0.2) is 44.3 Å². The lowest BCUT2D eigenvalue weighted by molar-refractivity contribution is 0.0663. The highest BCUT2D eigenvalue weighted by Crippen LogP contribution is 2.41. The molecule has 3 aromatic rings. The number of halogens is 1. The Hall–Kier alpha value is -3.03. The quantitative estimate of drug-likeness (QED) is 0.341. The average Bonchev–Trinajstić information content (AvgIpc) is 3.12. The number of methoxy groups -OCH3 is 1. The number of ether oxygens (including phenoxy) is 3. The molecule has 1 aliphatic heterocycles. The van der Waals surface area contributed by atoms with Crippen molar-refractivity contribution in [3.8, 4) is 11.5 Å². The highest BCUT2D eigenvalue weighted by atomic mass is 35.5. The van der Waals surface area contributed by atoms with Gasteiger partial charge in [0, 0.05) is 18.7 Å². The monoisotopic (exact) mass is 499 g/mol. The van der Waals surface area contributed by atoms with Crippen LogP contribution >= 0.6 is 11.6 Å². The van der Waals surface area contributed by atoms with E-state index in [1.807, 2.05) is 32.0 Å². The van der Waals surface area contributed by atoms with Crippen LogP contribution in [0.25, 0.3) is 11.0 Å². The Bertz CT molecular complexity index is 1300. The van der Waals surface area contributed by atoms with E-state index in [4.69, 9.17) is 30.2 Å². The highest BCUT2D eigenvalue weighted by molar-refractivity contribution is 6.32. The van der Waals surface area contributed by atoms with Gasteiger partial charge < -0.3 is 23.5 Å². The normalized spacial score (nSPS) is 15.1. The van der Waals surface area contributed by atoms with Gasteiger partial charge in [0.05, 0.1) is 36.8 Å². The van der Waals surface area contributed by atoms with E-state index < -0.39 is 6.04 Å². The maximum absolute atomic E-state index is 13.7. The van der Waals surface area contributed by atoms with Gasteiger partial charge in [-0.3, -0.25) is 9.59 Å².